The van der Waals surface area contributed by atoms with Crippen LogP contribution in [0.15, 0.2) is 29.3 Å². The Kier molecular flexibility index (Phi) is 9.20. The fourth-order valence-electron chi connectivity index (χ4n) is 2.88. The van der Waals surface area contributed by atoms with Crippen LogP contribution in [0.25, 0.3) is 0 Å². The minimum atomic E-state index is -0.254. The number of aliphatic imine (C=N–C) groups is 1. The van der Waals surface area contributed by atoms with Crippen LogP contribution >= 0.6 is 0 Å². The quantitative estimate of drug-likeness (QED) is 0.390. The number of hydrogen-bond acceptors (Lipinski definition) is 4. The molecule has 1 unspecified atom stereocenters. The molecule has 1 aliphatic rings. The number of hydrogen-bond donors (Lipinski definition) is 1. The molecule has 1 aliphatic heterocycles. The number of guanidine groups is 1. The summed E-state index contributed by atoms with van der Waals surface area (Å²) < 4.78 is 29.1. The molecule has 7 heteroatoms. The second-order valence-corrected chi connectivity index (χ2v) is 6.30. The summed E-state index contributed by atoms with van der Waals surface area (Å²) in [7, 11) is 3.49. The lowest BCUT2D eigenvalue weighted by atomic mass is 10.1. The first-order chi connectivity index (χ1) is 12.7. The smallest absolute Gasteiger partial charge is 0.193 e. The van der Waals surface area contributed by atoms with Crippen molar-refractivity contribution in [3.63, 3.8) is 0 Å². The SMILES string of the molecule is CN=C(NCCCOc1ccc(F)cc1)N1CCC(COCCOC)C1. The number of benzene rings is 1. The molecule has 1 saturated heterocycles. The molecule has 1 heterocycles. The molecule has 0 bridgehead atoms. The topological polar surface area (TPSA) is 55.3 Å². The van der Waals surface area contributed by atoms with Crippen molar-refractivity contribution in [2.75, 3.05) is 60.2 Å². The molecule has 1 aromatic carbocycles. The van der Waals surface area contributed by atoms with Gasteiger partial charge in [-0.1, -0.05) is 0 Å². The molecular formula is C19H30FN3O3. The lowest BCUT2D eigenvalue weighted by molar-refractivity contribution is 0.0536. The summed E-state index contributed by atoms with van der Waals surface area (Å²) in [5, 5.41) is 3.38. The largest absolute Gasteiger partial charge is 0.494 e. The summed E-state index contributed by atoms with van der Waals surface area (Å²) in [5.41, 5.74) is 0. The van der Waals surface area contributed by atoms with Gasteiger partial charge in [0.05, 0.1) is 26.4 Å². The lowest BCUT2D eigenvalue weighted by Crippen LogP contribution is -2.40. The van der Waals surface area contributed by atoms with E-state index in [2.05, 4.69) is 15.2 Å². The Labute approximate surface area is 155 Å². The summed E-state index contributed by atoms with van der Waals surface area (Å²) in [6.45, 7) is 5.35. The standard InChI is InChI=1S/C19H30FN3O3/c1-21-19(23-10-8-16(14-23)15-25-13-12-24-2)22-9-3-11-26-18-6-4-17(20)5-7-18/h4-7,16H,3,8-15H2,1-2H3,(H,21,22). The molecule has 0 aliphatic carbocycles. The van der Waals surface area contributed by atoms with Gasteiger partial charge in [-0.15, -0.1) is 0 Å². The number of likely N-dealkylation sites (tertiary alicyclic amines) is 1. The maximum Gasteiger partial charge on any atom is 0.193 e. The number of ether oxygens (including phenoxy) is 3. The number of methoxy groups -OCH3 is 1. The van der Waals surface area contributed by atoms with Gasteiger partial charge < -0.3 is 24.4 Å². The van der Waals surface area contributed by atoms with Gasteiger partial charge in [0.15, 0.2) is 5.96 Å². The second kappa shape index (κ2) is 11.7. The summed E-state index contributed by atoms with van der Waals surface area (Å²) in [4.78, 5) is 6.64. The van der Waals surface area contributed by atoms with Crippen LogP contribution in [0.2, 0.25) is 0 Å². The van der Waals surface area contributed by atoms with E-state index >= 15 is 0 Å². The maximum absolute atomic E-state index is 12.8. The van der Waals surface area contributed by atoms with Gasteiger partial charge in [-0.05, 0) is 37.1 Å². The van der Waals surface area contributed by atoms with Crippen LogP contribution in [0.4, 0.5) is 4.39 Å². The highest BCUT2D eigenvalue weighted by Gasteiger charge is 2.24. The van der Waals surface area contributed by atoms with Gasteiger partial charge in [-0.25, -0.2) is 4.39 Å². The first-order valence-corrected chi connectivity index (χ1v) is 9.13. The van der Waals surface area contributed by atoms with E-state index in [4.69, 9.17) is 14.2 Å². The van der Waals surface area contributed by atoms with E-state index in [0.717, 1.165) is 45.0 Å². The molecule has 26 heavy (non-hydrogen) atoms. The van der Waals surface area contributed by atoms with Crippen molar-refractivity contribution >= 4 is 5.96 Å². The lowest BCUT2D eigenvalue weighted by Gasteiger charge is -2.21. The van der Waals surface area contributed by atoms with Gasteiger partial charge in [-0.2, -0.15) is 0 Å². The van der Waals surface area contributed by atoms with Crippen LogP contribution in [-0.4, -0.2) is 71.1 Å². The van der Waals surface area contributed by atoms with E-state index in [1.165, 1.54) is 12.1 Å². The van der Waals surface area contributed by atoms with Crippen molar-refractivity contribution in [1.29, 1.82) is 0 Å². The summed E-state index contributed by atoms with van der Waals surface area (Å²) >= 11 is 0. The fourth-order valence-corrected chi connectivity index (χ4v) is 2.88. The van der Waals surface area contributed by atoms with Crippen LogP contribution in [0.3, 0.4) is 0 Å². The first-order valence-electron chi connectivity index (χ1n) is 9.13. The number of nitrogens with zero attached hydrogens (tertiary/aromatic N) is 2. The second-order valence-electron chi connectivity index (χ2n) is 6.30. The summed E-state index contributed by atoms with van der Waals surface area (Å²) in [6, 6.07) is 6.08. The van der Waals surface area contributed by atoms with Gasteiger partial charge in [0.25, 0.3) is 0 Å². The number of rotatable bonds is 10. The predicted molar refractivity (Wildman–Crippen MR) is 100 cm³/mol. The third-order valence-corrected chi connectivity index (χ3v) is 4.27. The van der Waals surface area contributed by atoms with E-state index in [9.17, 15) is 4.39 Å². The minimum absolute atomic E-state index is 0.254. The molecule has 1 atom stereocenters. The zero-order chi connectivity index (χ0) is 18.6. The zero-order valence-electron chi connectivity index (χ0n) is 15.7. The maximum atomic E-state index is 12.8. The van der Waals surface area contributed by atoms with Crippen molar-refractivity contribution in [2.45, 2.75) is 12.8 Å². The summed E-state index contributed by atoms with van der Waals surface area (Å²) in [5.74, 6) is 1.89. The van der Waals surface area contributed by atoms with Crippen LogP contribution < -0.4 is 10.1 Å². The monoisotopic (exact) mass is 367 g/mol. The molecule has 1 fully saturated rings. The van der Waals surface area contributed by atoms with Crippen LogP contribution in [0.5, 0.6) is 5.75 Å². The Balaban J connectivity index is 1.59. The molecule has 1 aromatic rings. The Hall–Kier alpha value is -1.86. The van der Waals surface area contributed by atoms with E-state index in [0.29, 0.717) is 31.5 Å². The highest BCUT2D eigenvalue weighted by molar-refractivity contribution is 5.80. The number of nitrogens with one attached hydrogen (secondary N) is 1. The fraction of sp³-hybridized carbons (Fsp3) is 0.632. The van der Waals surface area contributed by atoms with Crippen LogP contribution in [0.1, 0.15) is 12.8 Å². The molecule has 0 spiro atoms. The Bertz CT molecular complexity index is 539. The predicted octanol–water partition coefficient (Wildman–Crippen LogP) is 2.15. The van der Waals surface area contributed by atoms with Crippen molar-refractivity contribution in [1.82, 2.24) is 10.2 Å². The van der Waals surface area contributed by atoms with E-state index in [1.807, 2.05) is 0 Å². The number of halogens is 1. The van der Waals surface area contributed by atoms with E-state index in [1.54, 1.807) is 26.3 Å². The van der Waals surface area contributed by atoms with Crippen LogP contribution in [0, 0.1) is 11.7 Å². The zero-order valence-corrected chi connectivity index (χ0v) is 15.7. The van der Waals surface area contributed by atoms with Gasteiger partial charge in [0.1, 0.15) is 11.6 Å². The Morgan fingerprint density at radius 2 is 2.08 bits per heavy atom. The van der Waals surface area contributed by atoms with E-state index < -0.39 is 0 Å². The molecule has 1 N–H and O–H groups in total. The Morgan fingerprint density at radius 3 is 2.81 bits per heavy atom. The van der Waals surface area contributed by atoms with Gasteiger partial charge in [0.2, 0.25) is 0 Å². The molecule has 0 saturated carbocycles. The van der Waals surface area contributed by atoms with Crippen molar-refractivity contribution < 1.29 is 18.6 Å². The third kappa shape index (κ3) is 7.17. The van der Waals surface area contributed by atoms with E-state index in [-0.39, 0.29) is 5.82 Å². The van der Waals surface area contributed by atoms with Crippen LogP contribution in [-0.2, 0) is 9.47 Å². The third-order valence-electron chi connectivity index (χ3n) is 4.27. The molecular weight excluding hydrogens is 337 g/mol. The van der Waals surface area contributed by atoms with Crippen molar-refractivity contribution in [3.05, 3.63) is 30.1 Å². The molecule has 146 valence electrons. The minimum Gasteiger partial charge on any atom is -0.494 e. The van der Waals surface area contributed by atoms with Crippen molar-refractivity contribution in [2.24, 2.45) is 10.9 Å². The molecule has 2 rings (SSSR count). The van der Waals surface area contributed by atoms with Crippen molar-refractivity contribution in [3.8, 4) is 5.75 Å². The van der Waals surface area contributed by atoms with Gasteiger partial charge in [0, 0.05) is 39.7 Å². The average molecular weight is 367 g/mol. The average Bonchev–Trinajstić information content (AvgIpc) is 3.12. The molecule has 6 nitrogen and oxygen atoms in total. The first kappa shape index (κ1) is 20.5. The van der Waals surface area contributed by atoms with Gasteiger partial charge in [-0.3, -0.25) is 4.99 Å². The Morgan fingerprint density at radius 1 is 1.27 bits per heavy atom. The molecule has 0 amide bonds. The molecule has 0 radical (unpaired) electrons. The molecule has 0 aromatic heterocycles. The normalized spacial score (nSPS) is 17.6. The summed E-state index contributed by atoms with van der Waals surface area (Å²) in [6.07, 6.45) is 1.95. The van der Waals surface area contributed by atoms with Gasteiger partial charge >= 0.3 is 0 Å². The highest BCUT2D eigenvalue weighted by Crippen LogP contribution is 2.16. The highest BCUT2D eigenvalue weighted by atomic mass is 19.1.